The van der Waals surface area contributed by atoms with Gasteiger partial charge in [-0.2, -0.15) is 5.26 Å². The second kappa shape index (κ2) is 2.74. The van der Waals surface area contributed by atoms with Crippen molar-refractivity contribution < 1.29 is 0 Å². The van der Waals surface area contributed by atoms with Gasteiger partial charge < -0.3 is 4.90 Å². The average Bonchev–Trinajstić information content (AvgIpc) is 2.86. The molecule has 0 aromatic heterocycles. The molecule has 2 nitrogen and oxygen atoms in total. The third kappa shape index (κ3) is 1.13. The molecule has 0 aromatic carbocycles. The van der Waals surface area contributed by atoms with E-state index >= 15 is 0 Å². The molecule has 12 heavy (non-hydrogen) atoms. The van der Waals surface area contributed by atoms with Crippen LogP contribution in [0.15, 0.2) is 0 Å². The Labute approximate surface area is 74.2 Å². The van der Waals surface area contributed by atoms with E-state index in [1.165, 1.54) is 25.8 Å². The van der Waals surface area contributed by atoms with Crippen molar-refractivity contribution in [3.05, 3.63) is 0 Å². The zero-order chi connectivity index (χ0) is 8.60. The molecule has 0 amide bonds. The van der Waals surface area contributed by atoms with E-state index in [1.807, 2.05) is 0 Å². The first kappa shape index (κ1) is 8.07. The van der Waals surface area contributed by atoms with Gasteiger partial charge in [0.05, 0.1) is 11.5 Å². The van der Waals surface area contributed by atoms with Gasteiger partial charge in [-0.15, -0.1) is 0 Å². The van der Waals surface area contributed by atoms with Crippen molar-refractivity contribution in [3.8, 4) is 6.07 Å². The maximum absolute atomic E-state index is 9.05. The molecule has 2 aliphatic rings. The van der Waals surface area contributed by atoms with E-state index in [0.717, 1.165) is 12.8 Å². The van der Waals surface area contributed by atoms with Crippen molar-refractivity contribution >= 4 is 0 Å². The number of nitriles is 1. The highest BCUT2D eigenvalue weighted by molar-refractivity contribution is 5.16. The summed E-state index contributed by atoms with van der Waals surface area (Å²) in [6.45, 7) is 1.19. The molecule has 1 heterocycles. The molecule has 0 radical (unpaired) electrons. The Morgan fingerprint density at radius 1 is 1.42 bits per heavy atom. The normalized spacial score (nSPS) is 34.2. The molecular formula is C10H16N2. The Morgan fingerprint density at radius 3 is 2.67 bits per heavy atom. The van der Waals surface area contributed by atoms with Crippen LogP contribution in [0.2, 0.25) is 0 Å². The minimum Gasteiger partial charge on any atom is -0.302 e. The van der Waals surface area contributed by atoms with Crippen molar-refractivity contribution in [3.63, 3.8) is 0 Å². The molecule has 1 aliphatic heterocycles. The van der Waals surface area contributed by atoms with E-state index in [-0.39, 0.29) is 5.41 Å². The fraction of sp³-hybridized carbons (Fsp3) is 0.900. The van der Waals surface area contributed by atoms with Crippen LogP contribution in [0.5, 0.6) is 0 Å². The van der Waals surface area contributed by atoms with Gasteiger partial charge in [-0.1, -0.05) is 6.42 Å². The van der Waals surface area contributed by atoms with E-state index < -0.39 is 0 Å². The molecule has 66 valence electrons. The quantitative estimate of drug-likeness (QED) is 0.590. The first-order chi connectivity index (χ1) is 5.78. The summed E-state index contributed by atoms with van der Waals surface area (Å²) in [4.78, 5) is 2.39. The molecule has 1 atom stereocenters. The third-order valence-corrected chi connectivity index (χ3v) is 3.42. The van der Waals surface area contributed by atoms with Crippen LogP contribution in [0, 0.1) is 16.7 Å². The van der Waals surface area contributed by atoms with Crippen molar-refractivity contribution in [1.82, 2.24) is 4.90 Å². The van der Waals surface area contributed by atoms with Gasteiger partial charge in [0.1, 0.15) is 0 Å². The third-order valence-electron chi connectivity index (χ3n) is 3.42. The highest BCUT2D eigenvalue weighted by Gasteiger charge is 2.51. The summed E-state index contributed by atoms with van der Waals surface area (Å²) < 4.78 is 0. The van der Waals surface area contributed by atoms with Crippen LogP contribution >= 0.6 is 0 Å². The number of hydrogen-bond donors (Lipinski definition) is 0. The highest BCUT2D eigenvalue weighted by atomic mass is 15.2. The maximum Gasteiger partial charge on any atom is 0.0730 e. The number of rotatable bonds is 1. The van der Waals surface area contributed by atoms with Crippen molar-refractivity contribution in [2.45, 2.75) is 38.1 Å². The van der Waals surface area contributed by atoms with Crippen LogP contribution in [0.1, 0.15) is 32.1 Å². The Bertz CT molecular complexity index is 212. The average molecular weight is 164 g/mol. The second-order valence-corrected chi connectivity index (χ2v) is 4.26. The summed E-state index contributed by atoms with van der Waals surface area (Å²) in [5.74, 6) is 0. The number of likely N-dealkylation sites (tertiary alicyclic amines) is 1. The Balaban J connectivity index is 2.07. The zero-order valence-electron chi connectivity index (χ0n) is 7.71. The molecule has 0 aromatic rings. The molecule has 2 heteroatoms. The first-order valence-electron chi connectivity index (χ1n) is 4.90. The van der Waals surface area contributed by atoms with Crippen LogP contribution in [0.25, 0.3) is 0 Å². The lowest BCUT2D eigenvalue weighted by atomic mass is 9.89. The molecule has 2 fully saturated rings. The number of hydrogen-bond acceptors (Lipinski definition) is 2. The first-order valence-corrected chi connectivity index (χ1v) is 4.90. The molecule has 1 saturated carbocycles. The summed E-state index contributed by atoms with van der Waals surface area (Å²) >= 11 is 0. The molecule has 0 spiro atoms. The molecule has 2 rings (SSSR count). The highest BCUT2D eigenvalue weighted by Crippen LogP contribution is 2.51. The molecule has 0 N–H and O–H groups in total. The van der Waals surface area contributed by atoms with Gasteiger partial charge in [-0.3, -0.25) is 0 Å². The lowest BCUT2D eigenvalue weighted by molar-refractivity contribution is 0.140. The maximum atomic E-state index is 9.05. The van der Waals surface area contributed by atoms with E-state index in [0.29, 0.717) is 6.04 Å². The fourth-order valence-electron chi connectivity index (χ4n) is 2.43. The predicted octanol–water partition coefficient (Wildman–Crippen LogP) is 1.77. The smallest absolute Gasteiger partial charge is 0.0730 e. The van der Waals surface area contributed by atoms with Gasteiger partial charge in [-0.05, 0) is 39.3 Å². The molecule has 0 bridgehead atoms. The van der Waals surface area contributed by atoms with Gasteiger partial charge in [-0.25, -0.2) is 0 Å². The van der Waals surface area contributed by atoms with Crippen LogP contribution < -0.4 is 0 Å². The monoisotopic (exact) mass is 164 g/mol. The summed E-state index contributed by atoms with van der Waals surface area (Å²) in [6, 6.07) is 3.08. The minimum absolute atomic E-state index is 0.0647. The van der Waals surface area contributed by atoms with Gasteiger partial charge in [0.15, 0.2) is 0 Å². The Morgan fingerprint density at radius 2 is 2.17 bits per heavy atom. The van der Waals surface area contributed by atoms with E-state index in [4.69, 9.17) is 5.26 Å². The largest absolute Gasteiger partial charge is 0.302 e. The Kier molecular flexibility index (Phi) is 1.84. The van der Waals surface area contributed by atoms with Crippen LogP contribution in [-0.2, 0) is 0 Å². The van der Waals surface area contributed by atoms with Crippen molar-refractivity contribution in [2.75, 3.05) is 13.6 Å². The zero-order valence-corrected chi connectivity index (χ0v) is 7.71. The van der Waals surface area contributed by atoms with Gasteiger partial charge >= 0.3 is 0 Å². The lowest BCUT2D eigenvalue weighted by Crippen LogP contribution is -2.42. The van der Waals surface area contributed by atoms with Crippen LogP contribution in [-0.4, -0.2) is 24.5 Å². The van der Waals surface area contributed by atoms with E-state index in [1.54, 1.807) is 0 Å². The summed E-state index contributed by atoms with van der Waals surface area (Å²) in [7, 11) is 2.17. The predicted molar refractivity (Wildman–Crippen MR) is 47.5 cm³/mol. The molecule has 1 saturated heterocycles. The number of piperidine rings is 1. The minimum atomic E-state index is 0.0647. The van der Waals surface area contributed by atoms with E-state index in [9.17, 15) is 0 Å². The summed E-state index contributed by atoms with van der Waals surface area (Å²) in [5, 5.41) is 9.05. The SMILES string of the molecule is CN1CCCCC1C1(C#N)CC1. The van der Waals surface area contributed by atoms with Crippen molar-refractivity contribution in [1.29, 1.82) is 5.26 Å². The van der Waals surface area contributed by atoms with E-state index in [2.05, 4.69) is 18.0 Å². The summed E-state index contributed by atoms with van der Waals surface area (Å²) in [5.41, 5.74) is 0.0647. The second-order valence-electron chi connectivity index (χ2n) is 4.26. The van der Waals surface area contributed by atoms with Gasteiger partial charge in [0.2, 0.25) is 0 Å². The molecular weight excluding hydrogens is 148 g/mol. The van der Waals surface area contributed by atoms with Crippen LogP contribution in [0.3, 0.4) is 0 Å². The molecule has 1 unspecified atom stereocenters. The topological polar surface area (TPSA) is 27.0 Å². The Hall–Kier alpha value is -0.550. The summed E-state index contributed by atoms with van der Waals surface area (Å²) in [6.07, 6.45) is 6.15. The van der Waals surface area contributed by atoms with Crippen molar-refractivity contribution in [2.24, 2.45) is 5.41 Å². The van der Waals surface area contributed by atoms with Gasteiger partial charge in [0.25, 0.3) is 0 Å². The van der Waals surface area contributed by atoms with Crippen LogP contribution in [0.4, 0.5) is 0 Å². The fourth-order valence-corrected chi connectivity index (χ4v) is 2.43. The lowest BCUT2D eigenvalue weighted by Gasteiger charge is -2.35. The number of nitrogens with zero attached hydrogens (tertiary/aromatic N) is 2. The van der Waals surface area contributed by atoms with Gasteiger partial charge in [0, 0.05) is 6.04 Å². The standard InChI is InChI=1S/C10H16N2/c1-12-7-3-2-4-9(12)10(8-11)5-6-10/h9H,2-7H2,1H3. The molecule has 1 aliphatic carbocycles.